The highest BCUT2D eigenvalue weighted by atomic mass is 35.5. The zero-order chi connectivity index (χ0) is 26.1. The Morgan fingerprint density at radius 1 is 1.03 bits per heavy atom. The van der Waals surface area contributed by atoms with Crippen LogP contribution in [0, 0.1) is 0 Å². The SMILES string of the molecule is CC.CC.CC.CCOc1ccc(Cc2cc(C3(OC)CC(O)CC(CO)O3)ccc2Cl)cc1. The largest absolute Gasteiger partial charge is 0.494 e. The van der Waals surface area contributed by atoms with Gasteiger partial charge in [-0.1, -0.05) is 71.3 Å². The number of hydrogen-bond donors (Lipinski definition) is 2. The molecule has 1 aliphatic heterocycles. The Morgan fingerprint density at radius 2 is 1.65 bits per heavy atom. The first-order chi connectivity index (χ1) is 16.5. The fourth-order valence-electron chi connectivity index (χ4n) is 3.65. The van der Waals surface area contributed by atoms with Crippen molar-refractivity contribution in [1.29, 1.82) is 0 Å². The summed E-state index contributed by atoms with van der Waals surface area (Å²) in [4.78, 5) is 0. The summed E-state index contributed by atoms with van der Waals surface area (Å²) in [5.74, 6) is -0.271. The number of hydrogen-bond acceptors (Lipinski definition) is 5. The summed E-state index contributed by atoms with van der Waals surface area (Å²) in [5, 5.41) is 20.4. The highest BCUT2D eigenvalue weighted by Crippen LogP contribution is 2.40. The van der Waals surface area contributed by atoms with Crippen LogP contribution in [0.4, 0.5) is 0 Å². The summed E-state index contributed by atoms with van der Waals surface area (Å²) in [6.45, 7) is 14.4. The molecule has 2 N–H and O–H groups in total. The Hall–Kier alpha value is -1.63. The van der Waals surface area contributed by atoms with Crippen LogP contribution in [-0.4, -0.2) is 42.7 Å². The van der Waals surface area contributed by atoms with Crippen molar-refractivity contribution in [2.45, 2.75) is 85.7 Å². The van der Waals surface area contributed by atoms with Crippen LogP contribution in [0.15, 0.2) is 42.5 Å². The predicted molar refractivity (Wildman–Crippen MR) is 142 cm³/mol. The second kappa shape index (κ2) is 17.8. The smallest absolute Gasteiger partial charge is 0.197 e. The maximum atomic E-state index is 10.3. The van der Waals surface area contributed by atoms with E-state index in [1.807, 2.05) is 90.9 Å². The van der Waals surface area contributed by atoms with Gasteiger partial charge < -0.3 is 24.4 Å². The van der Waals surface area contributed by atoms with Crippen LogP contribution < -0.4 is 4.74 Å². The van der Waals surface area contributed by atoms with Crippen molar-refractivity contribution in [3.8, 4) is 5.75 Å². The number of methoxy groups -OCH3 is 1. The molecule has 2 aromatic carbocycles. The molecule has 6 heteroatoms. The monoisotopic (exact) mass is 496 g/mol. The summed E-state index contributed by atoms with van der Waals surface area (Å²) in [6, 6.07) is 13.5. The lowest BCUT2D eigenvalue weighted by Crippen LogP contribution is -2.46. The lowest BCUT2D eigenvalue weighted by atomic mass is 9.91. The van der Waals surface area contributed by atoms with Crippen molar-refractivity contribution in [2.75, 3.05) is 20.3 Å². The highest BCUT2D eigenvalue weighted by molar-refractivity contribution is 6.31. The van der Waals surface area contributed by atoms with Crippen LogP contribution in [0.2, 0.25) is 5.02 Å². The van der Waals surface area contributed by atoms with Crippen molar-refractivity contribution >= 4 is 11.6 Å². The van der Waals surface area contributed by atoms with Crippen molar-refractivity contribution < 1.29 is 24.4 Å². The van der Waals surface area contributed by atoms with E-state index in [0.29, 0.717) is 30.9 Å². The molecule has 3 rings (SSSR count). The van der Waals surface area contributed by atoms with Gasteiger partial charge in [0.1, 0.15) is 5.75 Å². The summed E-state index contributed by atoms with van der Waals surface area (Å²) in [7, 11) is 1.55. The average Bonchev–Trinajstić information content (AvgIpc) is 2.89. The molecule has 1 fully saturated rings. The number of aliphatic hydroxyl groups is 2. The van der Waals surface area contributed by atoms with Gasteiger partial charge in [0.15, 0.2) is 5.79 Å². The molecule has 0 amide bonds. The molecule has 0 aromatic heterocycles. The summed E-state index contributed by atoms with van der Waals surface area (Å²) < 4.78 is 17.2. The van der Waals surface area contributed by atoms with Gasteiger partial charge >= 0.3 is 0 Å². The molecule has 5 nitrogen and oxygen atoms in total. The maximum Gasteiger partial charge on any atom is 0.197 e. The number of benzene rings is 2. The summed E-state index contributed by atoms with van der Waals surface area (Å²) in [5.41, 5.74) is 2.81. The van der Waals surface area contributed by atoms with Crippen LogP contribution in [0.3, 0.4) is 0 Å². The van der Waals surface area contributed by atoms with Crippen LogP contribution in [0.25, 0.3) is 0 Å². The molecule has 0 spiro atoms. The third-order valence-electron chi connectivity index (χ3n) is 5.04. The first-order valence-corrected chi connectivity index (χ1v) is 12.9. The van der Waals surface area contributed by atoms with E-state index < -0.39 is 18.0 Å². The minimum absolute atomic E-state index is 0.172. The molecular weight excluding hydrogens is 452 g/mol. The van der Waals surface area contributed by atoms with E-state index in [4.69, 9.17) is 25.8 Å². The molecule has 0 saturated carbocycles. The van der Waals surface area contributed by atoms with E-state index in [2.05, 4.69) is 0 Å². The topological polar surface area (TPSA) is 68.2 Å². The Labute approximate surface area is 212 Å². The van der Waals surface area contributed by atoms with Crippen molar-refractivity contribution in [3.05, 3.63) is 64.2 Å². The van der Waals surface area contributed by atoms with Crippen molar-refractivity contribution in [1.82, 2.24) is 0 Å². The molecule has 0 bridgehead atoms. The van der Waals surface area contributed by atoms with Gasteiger partial charge in [0.25, 0.3) is 0 Å². The van der Waals surface area contributed by atoms with E-state index in [-0.39, 0.29) is 6.61 Å². The lowest BCUT2D eigenvalue weighted by Gasteiger charge is -2.42. The third-order valence-corrected chi connectivity index (χ3v) is 5.41. The normalized spacial score (nSPS) is 21.0. The average molecular weight is 497 g/mol. The zero-order valence-corrected chi connectivity index (χ0v) is 23.0. The van der Waals surface area contributed by atoms with E-state index >= 15 is 0 Å². The van der Waals surface area contributed by atoms with Gasteiger partial charge in [-0.25, -0.2) is 0 Å². The van der Waals surface area contributed by atoms with E-state index in [9.17, 15) is 10.2 Å². The van der Waals surface area contributed by atoms with E-state index in [1.165, 1.54) is 0 Å². The number of ether oxygens (including phenoxy) is 3. The Kier molecular flexibility index (Phi) is 16.9. The lowest BCUT2D eigenvalue weighted by molar-refractivity contribution is -0.298. The van der Waals surface area contributed by atoms with Crippen LogP contribution >= 0.6 is 11.6 Å². The molecule has 1 aliphatic rings. The molecule has 2 aromatic rings. The van der Waals surface area contributed by atoms with Crippen LogP contribution in [0.5, 0.6) is 5.75 Å². The molecule has 0 radical (unpaired) electrons. The van der Waals surface area contributed by atoms with Gasteiger partial charge in [-0.05, 0) is 48.7 Å². The molecule has 1 heterocycles. The first kappa shape index (κ1) is 32.4. The van der Waals surface area contributed by atoms with Gasteiger partial charge in [0.2, 0.25) is 0 Å². The minimum atomic E-state index is -1.11. The third kappa shape index (κ3) is 9.20. The molecule has 3 unspecified atom stereocenters. The fraction of sp³-hybridized carbons (Fsp3) is 0.571. The quantitative estimate of drug-likeness (QED) is 0.444. The number of rotatable bonds is 7. The minimum Gasteiger partial charge on any atom is -0.494 e. The Balaban J connectivity index is 0.00000168. The maximum absolute atomic E-state index is 10.3. The molecule has 194 valence electrons. The van der Waals surface area contributed by atoms with Crippen molar-refractivity contribution in [2.24, 2.45) is 0 Å². The molecule has 1 saturated heterocycles. The van der Waals surface area contributed by atoms with Crippen molar-refractivity contribution in [3.63, 3.8) is 0 Å². The van der Waals surface area contributed by atoms with Gasteiger partial charge in [-0.15, -0.1) is 0 Å². The first-order valence-electron chi connectivity index (χ1n) is 12.5. The molecular formula is C28H45ClO5. The number of halogens is 1. The molecule has 0 aliphatic carbocycles. The van der Waals surface area contributed by atoms with E-state index in [1.54, 1.807) is 7.11 Å². The van der Waals surface area contributed by atoms with E-state index in [0.717, 1.165) is 22.4 Å². The van der Waals surface area contributed by atoms with Gasteiger partial charge in [-0.2, -0.15) is 0 Å². The summed E-state index contributed by atoms with van der Waals surface area (Å²) in [6.07, 6.45) is 0.230. The Morgan fingerprint density at radius 3 is 2.18 bits per heavy atom. The van der Waals surface area contributed by atoms with Crippen LogP contribution in [0.1, 0.15) is 78.0 Å². The second-order valence-corrected chi connectivity index (χ2v) is 7.44. The number of aliphatic hydroxyl groups excluding tert-OH is 2. The highest BCUT2D eigenvalue weighted by Gasteiger charge is 2.43. The Bertz CT molecular complexity index is 781. The zero-order valence-electron chi connectivity index (χ0n) is 22.2. The van der Waals surface area contributed by atoms with Gasteiger partial charge in [0, 0.05) is 30.5 Å². The molecule has 34 heavy (non-hydrogen) atoms. The summed E-state index contributed by atoms with van der Waals surface area (Å²) >= 11 is 6.44. The standard InChI is InChI=1S/C22H27ClO5.3C2H6/c1-3-27-19-7-4-15(5-8-19)10-16-11-17(6-9-21(16)23)22(26-2)13-18(25)12-20(14-24)28-22;3*1-2/h4-9,11,18,20,24-25H,3,10,12-14H2,1-2H3;3*1-2H3. The fourth-order valence-corrected chi connectivity index (χ4v) is 3.83. The van der Waals surface area contributed by atoms with Crippen LogP contribution in [-0.2, 0) is 21.7 Å². The molecule has 3 atom stereocenters. The van der Waals surface area contributed by atoms with Gasteiger partial charge in [-0.3, -0.25) is 0 Å². The van der Waals surface area contributed by atoms with Gasteiger partial charge in [0.05, 0.1) is 25.4 Å². The predicted octanol–water partition coefficient (Wildman–Crippen LogP) is 6.74. The second-order valence-electron chi connectivity index (χ2n) is 7.03.